The first-order chi connectivity index (χ1) is 12.5. The van der Waals surface area contributed by atoms with Crippen LogP contribution in [0.25, 0.3) is 5.95 Å². The van der Waals surface area contributed by atoms with Gasteiger partial charge in [0, 0.05) is 23.1 Å². The van der Waals surface area contributed by atoms with Crippen molar-refractivity contribution in [3.05, 3.63) is 59.0 Å². The molecule has 2 aromatic heterocycles. The van der Waals surface area contributed by atoms with E-state index in [1.165, 1.54) is 0 Å². The minimum atomic E-state index is -0.330. The summed E-state index contributed by atoms with van der Waals surface area (Å²) in [5, 5.41) is 7.67. The Bertz CT molecular complexity index is 932. The second-order valence-electron chi connectivity index (χ2n) is 5.96. The molecule has 1 N–H and O–H groups in total. The molecule has 134 valence electrons. The summed E-state index contributed by atoms with van der Waals surface area (Å²) in [5.74, 6) is 0.842. The molecular weight excluding hydrogens is 330 g/mol. The zero-order valence-corrected chi connectivity index (χ0v) is 15.3. The molecule has 3 aromatic rings. The molecular formula is C19H21N5O2. The quantitative estimate of drug-likeness (QED) is 0.709. The SMILES string of the molecule is CCOC(=O)c1ccc(Nc2cc(C)nc(-n3nc(C)cc3C)n2)cc1. The number of aryl methyl sites for hydroxylation is 3. The topological polar surface area (TPSA) is 81.9 Å². The minimum absolute atomic E-state index is 0.330. The van der Waals surface area contributed by atoms with Crippen molar-refractivity contribution in [1.82, 2.24) is 19.7 Å². The van der Waals surface area contributed by atoms with Crippen LogP contribution in [-0.4, -0.2) is 32.3 Å². The number of hydrogen-bond donors (Lipinski definition) is 1. The van der Waals surface area contributed by atoms with Gasteiger partial charge in [-0.2, -0.15) is 10.1 Å². The van der Waals surface area contributed by atoms with Gasteiger partial charge in [0.1, 0.15) is 5.82 Å². The molecule has 2 heterocycles. The number of hydrogen-bond acceptors (Lipinski definition) is 6. The average molecular weight is 351 g/mol. The number of anilines is 2. The number of benzene rings is 1. The van der Waals surface area contributed by atoms with Crippen LogP contribution < -0.4 is 5.32 Å². The van der Waals surface area contributed by atoms with Crippen molar-refractivity contribution in [3.8, 4) is 5.95 Å². The summed E-state index contributed by atoms with van der Waals surface area (Å²) >= 11 is 0. The van der Waals surface area contributed by atoms with Crippen LogP contribution in [0.5, 0.6) is 0 Å². The number of nitrogens with zero attached hydrogens (tertiary/aromatic N) is 4. The number of carbonyl (C=O) groups is 1. The fourth-order valence-electron chi connectivity index (χ4n) is 2.59. The monoisotopic (exact) mass is 351 g/mol. The molecule has 0 amide bonds. The van der Waals surface area contributed by atoms with E-state index in [0.29, 0.717) is 23.9 Å². The number of rotatable bonds is 5. The van der Waals surface area contributed by atoms with Gasteiger partial charge < -0.3 is 10.1 Å². The Morgan fingerprint density at radius 1 is 1.08 bits per heavy atom. The third kappa shape index (κ3) is 3.88. The summed E-state index contributed by atoms with van der Waals surface area (Å²) in [4.78, 5) is 20.7. The summed E-state index contributed by atoms with van der Waals surface area (Å²) in [6.45, 7) is 7.95. The van der Waals surface area contributed by atoms with E-state index in [0.717, 1.165) is 22.8 Å². The lowest BCUT2D eigenvalue weighted by atomic mass is 10.2. The fourth-order valence-corrected chi connectivity index (χ4v) is 2.59. The van der Waals surface area contributed by atoms with Crippen LogP contribution in [0.1, 0.15) is 34.4 Å². The standard InChI is InChI=1S/C19H21N5O2/c1-5-26-18(25)15-6-8-16(9-7-15)21-17-11-12(2)20-19(22-17)24-14(4)10-13(3)23-24/h6-11H,5H2,1-4H3,(H,20,21,22). The first-order valence-electron chi connectivity index (χ1n) is 8.40. The van der Waals surface area contributed by atoms with Crippen molar-refractivity contribution in [2.75, 3.05) is 11.9 Å². The molecule has 0 radical (unpaired) electrons. The predicted molar refractivity (Wildman–Crippen MR) is 99.0 cm³/mol. The zero-order chi connectivity index (χ0) is 18.7. The first-order valence-corrected chi connectivity index (χ1v) is 8.40. The molecule has 0 atom stereocenters. The number of nitrogens with one attached hydrogen (secondary N) is 1. The largest absolute Gasteiger partial charge is 0.462 e. The molecule has 7 nitrogen and oxygen atoms in total. The highest BCUT2D eigenvalue weighted by Crippen LogP contribution is 2.18. The molecule has 1 aromatic carbocycles. The molecule has 26 heavy (non-hydrogen) atoms. The molecule has 0 unspecified atom stereocenters. The van der Waals surface area contributed by atoms with Crippen molar-refractivity contribution in [2.45, 2.75) is 27.7 Å². The van der Waals surface area contributed by atoms with Gasteiger partial charge in [-0.15, -0.1) is 0 Å². The van der Waals surface area contributed by atoms with Crippen LogP contribution in [0.4, 0.5) is 11.5 Å². The van der Waals surface area contributed by atoms with Gasteiger partial charge in [0.15, 0.2) is 0 Å². The number of carbonyl (C=O) groups excluding carboxylic acids is 1. The first kappa shape index (κ1) is 17.6. The zero-order valence-electron chi connectivity index (χ0n) is 15.3. The Hall–Kier alpha value is -3.22. The number of aromatic nitrogens is 4. The Labute approximate surface area is 152 Å². The van der Waals surface area contributed by atoms with E-state index in [-0.39, 0.29) is 5.97 Å². The minimum Gasteiger partial charge on any atom is -0.462 e. The number of ether oxygens (including phenoxy) is 1. The fraction of sp³-hybridized carbons (Fsp3) is 0.263. The summed E-state index contributed by atoms with van der Waals surface area (Å²) in [5.41, 5.74) is 4.04. The van der Waals surface area contributed by atoms with Crippen LogP contribution in [0.3, 0.4) is 0 Å². The molecule has 0 fully saturated rings. The van der Waals surface area contributed by atoms with Crippen LogP contribution in [0, 0.1) is 20.8 Å². The molecule has 0 aliphatic rings. The van der Waals surface area contributed by atoms with Gasteiger partial charge in [-0.05, 0) is 58.0 Å². The lowest BCUT2D eigenvalue weighted by Crippen LogP contribution is -2.08. The number of esters is 1. The highest BCUT2D eigenvalue weighted by molar-refractivity contribution is 5.89. The van der Waals surface area contributed by atoms with E-state index < -0.39 is 0 Å². The molecule has 0 aliphatic heterocycles. The second kappa shape index (κ2) is 7.35. The second-order valence-corrected chi connectivity index (χ2v) is 5.96. The lowest BCUT2D eigenvalue weighted by Gasteiger charge is -2.10. The molecule has 0 saturated heterocycles. The Balaban J connectivity index is 1.84. The third-order valence-electron chi connectivity index (χ3n) is 3.71. The molecule has 7 heteroatoms. The normalized spacial score (nSPS) is 10.6. The van der Waals surface area contributed by atoms with Crippen LogP contribution in [0.15, 0.2) is 36.4 Å². The summed E-state index contributed by atoms with van der Waals surface area (Å²) in [6.07, 6.45) is 0. The van der Waals surface area contributed by atoms with Gasteiger partial charge in [-0.1, -0.05) is 0 Å². The molecule has 0 aliphatic carbocycles. The molecule has 0 saturated carbocycles. The van der Waals surface area contributed by atoms with Gasteiger partial charge >= 0.3 is 5.97 Å². The van der Waals surface area contributed by atoms with Crippen LogP contribution in [0.2, 0.25) is 0 Å². The summed E-state index contributed by atoms with van der Waals surface area (Å²) < 4.78 is 6.71. The highest BCUT2D eigenvalue weighted by atomic mass is 16.5. The third-order valence-corrected chi connectivity index (χ3v) is 3.71. The van der Waals surface area contributed by atoms with E-state index in [2.05, 4.69) is 20.4 Å². The van der Waals surface area contributed by atoms with Crippen molar-refractivity contribution in [3.63, 3.8) is 0 Å². The summed E-state index contributed by atoms with van der Waals surface area (Å²) in [7, 11) is 0. The van der Waals surface area contributed by atoms with Gasteiger partial charge in [0.05, 0.1) is 17.9 Å². The van der Waals surface area contributed by atoms with E-state index >= 15 is 0 Å². The highest BCUT2D eigenvalue weighted by Gasteiger charge is 2.10. The van der Waals surface area contributed by atoms with Gasteiger partial charge in [0.2, 0.25) is 0 Å². The average Bonchev–Trinajstić information content (AvgIpc) is 2.93. The lowest BCUT2D eigenvalue weighted by molar-refractivity contribution is 0.0526. The Morgan fingerprint density at radius 3 is 2.42 bits per heavy atom. The van der Waals surface area contributed by atoms with Crippen molar-refractivity contribution in [2.24, 2.45) is 0 Å². The van der Waals surface area contributed by atoms with Gasteiger partial charge in [0.25, 0.3) is 5.95 Å². The smallest absolute Gasteiger partial charge is 0.338 e. The maximum absolute atomic E-state index is 11.7. The van der Waals surface area contributed by atoms with E-state index in [4.69, 9.17) is 4.74 Å². The summed E-state index contributed by atoms with van der Waals surface area (Å²) in [6, 6.07) is 10.9. The van der Waals surface area contributed by atoms with E-state index in [1.807, 2.05) is 45.0 Å². The molecule has 0 bridgehead atoms. The van der Waals surface area contributed by atoms with Crippen molar-refractivity contribution >= 4 is 17.5 Å². The molecule has 3 rings (SSSR count). The van der Waals surface area contributed by atoms with E-state index in [9.17, 15) is 4.79 Å². The molecule has 0 spiro atoms. The predicted octanol–water partition coefficient (Wildman–Crippen LogP) is 3.51. The van der Waals surface area contributed by atoms with Crippen molar-refractivity contribution < 1.29 is 9.53 Å². The van der Waals surface area contributed by atoms with Gasteiger partial charge in [-0.3, -0.25) is 0 Å². The van der Waals surface area contributed by atoms with Crippen LogP contribution in [-0.2, 0) is 4.74 Å². The Kier molecular flexibility index (Phi) is 4.97. The van der Waals surface area contributed by atoms with Crippen molar-refractivity contribution in [1.29, 1.82) is 0 Å². The maximum Gasteiger partial charge on any atom is 0.338 e. The van der Waals surface area contributed by atoms with Gasteiger partial charge in [-0.25, -0.2) is 14.5 Å². The van der Waals surface area contributed by atoms with Crippen LogP contribution >= 0.6 is 0 Å². The Morgan fingerprint density at radius 2 is 1.81 bits per heavy atom. The van der Waals surface area contributed by atoms with E-state index in [1.54, 1.807) is 23.7 Å². The maximum atomic E-state index is 11.7.